The molecule has 8 heteroatoms. The van der Waals surface area contributed by atoms with Gasteiger partial charge in [-0.05, 0) is 27.7 Å². The van der Waals surface area contributed by atoms with Gasteiger partial charge < -0.3 is 15.2 Å². The van der Waals surface area contributed by atoms with Crippen molar-refractivity contribution >= 4 is 6.09 Å². The zero-order valence-corrected chi connectivity index (χ0v) is 10.9. The van der Waals surface area contributed by atoms with Gasteiger partial charge in [-0.15, -0.1) is 13.2 Å². The average Bonchev–Trinajstić information content (AvgIpc) is 2.11. The van der Waals surface area contributed by atoms with Crippen LogP contribution in [0.1, 0.15) is 27.7 Å². The van der Waals surface area contributed by atoms with Crippen LogP contribution in [0.4, 0.5) is 18.0 Å². The van der Waals surface area contributed by atoms with Gasteiger partial charge in [0.25, 0.3) is 0 Å². The quantitative estimate of drug-likeness (QED) is 0.827. The van der Waals surface area contributed by atoms with Crippen LogP contribution in [0, 0.1) is 0 Å². The number of ether oxygens (including phenoxy) is 2. The molecule has 0 fully saturated rings. The molecule has 0 saturated carbocycles. The standard InChI is InChI=1S/C7H15NO3.C3H5F3O/c1-7(2,3)11-6(10)8-4-5-9;1-2-7-3(4,5)6/h9H,4-5H2,1-3H3,(H,8,10);2H2,1H3. The number of alkyl halides is 3. The van der Waals surface area contributed by atoms with E-state index in [1.54, 1.807) is 20.8 Å². The Morgan fingerprint density at radius 1 is 1.28 bits per heavy atom. The second-order valence-electron chi connectivity index (χ2n) is 4.03. The largest absolute Gasteiger partial charge is 0.522 e. The SMILES string of the molecule is CC(C)(C)OC(=O)NCCO.CCOC(F)(F)F. The smallest absolute Gasteiger partial charge is 0.444 e. The number of halogens is 3. The molecule has 0 aromatic heterocycles. The zero-order chi connectivity index (χ0) is 14.8. The van der Waals surface area contributed by atoms with Crippen molar-refractivity contribution in [3.8, 4) is 0 Å². The third-order valence-corrected chi connectivity index (χ3v) is 1.09. The summed E-state index contributed by atoms with van der Waals surface area (Å²) in [7, 11) is 0. The van der Waals surface area contributed by atoms with E-state index in [0.717, 1.165) is 0 Å². The summed E-state index contributed by atoms with van der Waals surface area (Å²) in [5.41, 5.74) is -0.473. The third kappa shape index (κ3) is 20.4. The van der Waals surface area contributed by atoms with Crippen LogP contribution >= 0.6 is 0 Å². The number of alkyl carbamates (subject to hydrolysis) is 1. The molecule has 0 aliphatic carbocycles. The molecule has 0 aliphatic heterocycles. The molecule has 0 saturated heterocycles. The van der Waals surface area contributed by atoms with Crippen molar-refractivity contribution in [3.05, 3.63) is 0 Å². The summed E-state index contributed by atoms with van der Waals surface area (Å²) in [6.45, 7) is 6.48. The fraction of sp³-hybridized carbons (Fsp3) is 0.900. The number of amides is 1. The van der Waals surface area contributed by atoms with Gasteiger partial charge in [0.15, 0.2) is 0 Å². The van der Waals surface area contributed by atoms with Crippen LogP contribution in [-0.4, -0.2) is 42.9 Å². The number of hydrogen-bond acceptors (Lipinski definition) is 4. The molecule has 0 aliphatic rings. The zero-order valence-electron chi connectivity index (χ0n) is 10.9. The first-order valence-electron chi connectivity index (χ1n) is 5.30. The third-order valence-electron chi connectivity index (χ3n) is 1.09. The summed E-state index contributed by atoms with van der Waals surface area (Å²) in [5, 5.41) is 10.7. The summed E-state index contributed by atoms with van der Waals surface area (Å²) in [6, 6.07) is 0. The second-order valence-corrected chi connectivity index (χ2v) is 4.03. The topological polar surface area (TPSA) is 67.8 Å². The molecular formula is C10H20F3NO4. The molecule has 0 atom stereocenters. The van der Waals surface area contributed by atoms with Gasteiger partial charge in [-0.1, -0.05) is 0 Å². The molecule has 0 spiro atoms. The van der Waals surface area contributed by atoms with E-state index in [-0.39, 0.29) is 19.8 Å². The average molecular weight is 275 g/mol. The lowest BCUT2D eigenvalue weighted by molar-refractivity contribution is -0.322. The van der Waals surface area contributed by atoms with Gasteiger partial charge >= 0.3 is 12.5 Å². The van der Waals surface area contributed by atoms with E-state index in [1.165, 1.54) is 6.92 Å². The van der Waals surface area contributed by atoms with E-state index in [4.69, 9.17) is 9.84 Å². The van der Waals surface area contributed by atoms with Crippen LogP contribution in [0.2, 0.25) is 0 Å². The van der Waals surface area contributed by atoms with Crippen LogP contribution in [0.15, 0.2) is 0 Å². The van der Waals surface area contributed by atoms with E-state index in [0.29, 0.717) is 0 Å². The molecule has 5 nitrogen and oxygen atoms in total. The predicted octanol–water partition coefficient (Wildman–Crippen LogP) is 2.05. The normalized spacial score (nSPS) is 11.3. The van der Waals surface area contributed by atoms with E-state index >= 15 is 0 Å². The van der Waals surface area contributed by atoms with Crippen LogP contribution in [0.5, 0.6) is 0 Å². The lowest BCUT2D eigenvalue weighted by atomic mass is 10.2. The maximum Gasteiger partial charge on any atom is 0.522 e. The first-order valence-corrected chi connectivity index (χ1v) is 5.30. The molecule has 0 radical (unpaired) electrons. The Labute approximate surface area is 104 Å². The monoisotopic (exact) mass is 275 g/mol. The first-order chi connectivity index (χ1) is 8.02. The van der Waals surface area contributed by atoms with Crippen molar-refractivity contribution in [1.29, 1.82) is 0 Å². The minimum absolute atomic E-state index is 0.0702. The van der Waals surface area contributed by atoms with Crippen molar-refractivity contribution in [2.75, 3.05) is 19.8 Å². The van der Waals surface area contributed by atoms with E-state index in [1.807, 2.05) is 0 Å². The van der Waals surface area contributed by atoms with Crippen molar-refractivity contribution < 1.29 is 32.5 Å². The van der Waals surface area contributed by atoms with Crippen molar-refractivity contribution in [2.24, 2.45) is 0 Å². The van der Waals surface area contributed by atoms with Crippen LogP contribution in [-0.2, 0) is 9.47 Å². The highest BCUT2D eigenvalue weighted by Crippen LogP contribution is 2.14. The number of aliphatic hydroxyl groups is 1. The predicted molar refractivity (Wildman–Crippen MR) is 59.0 cm³/mol. The van der Waals surface area contributed by atoms with E-state index in [2.05, 4.69) is 10.1 Å². The van der Waals surface area contributed by atoms with Crippen LogP contribution in [0.25, 0.3) is 0 Å². The van der Waals surface area contributed by atoms with Crippen LogP contribution < -0.4 is 5.32 Å². The van der Waals surface area contributed by atoms with Gasteiger partial charge in [0.1, 0.15) is 5.60 Å². The number of aliphatic hydroxyl groups excluding tert-OH is 1. The number of carbonyl (C=O) groups is 1. The van der Waals surface area contributed by atoms with Crippen molar-refractivity contribution in [2.45, 2.75) is 39.7 Å². The Kier molecular flexibility index (Phi) is 9.64. The van der Waals surface area contributed by atoms with E-state index < -0.39 is 18.1 Å². The summed E-state index contributed by atoms with van der Waals surface area (Å²) < 4.78 is 40.6. The highest BCUT2D eigenvalue weighted by Gasteiger charge is 2.27. The fourth-order valence-corrected chi connectivity index (χ4v) is 0.636. The molecular weight excluding hydrogens is 255 g/mol. The fourth-order valence-electron chi connectivity index (χ4n) is 0.636. The molecule has 18 heavy (non-hydrogen) atoms. The Morgan fingerprint density at radius 3 is 2.00 bits per heavy atom. The molecule has 0 bridgehead atoms. The molecule has 1 amide bonds. The van der Waals surface area contributed by atoms with Gasteiger partial charge in [0, 0.05) is 6.54 Å². The summed E-state index contributed by atoms with van der Waals surface area (Å²) in [5.74, 6) is 0. The van der Waals surface area contributed by atoms with Gasteiger partial charge in [-0.2, -0.15) is 0 Å². The number of nitrogens with one attached hydrogen (secondary N) is 1. The van der Waals surface area contributed by atoms with Gasteiger partial charge in [-0.25, -0.2) is 4.79 Å². The summed E-state index contributed by atoms with van der Waals surface area (Å²) >= 11 is 0. The second kappa shape index (κ2) is 8.98. The molecule has 2 N–H and O–H groups in total. The summed E-state index contributed by atoms with van der Waals surface area (Å²) in [6.07, 6.45) is -4.94. The minimum Gasteiger partial charge on any atom is -0.444 e. The maximum absolute atomic E-state index is 10.8. The van der Waals surface area contributed by atoms with Gasteiger partial charge in [-0.3, -0.25) is 4.74 Å². The van der Waals surface area contributed by atoms with Crippen LogP contribution in [0.3, 0.4) is 0 Å². The Hall–Kier alpha value is -1.02. The minimum atomic E-state index is -4.45. The van der Waals surface area contributed by atoms with Gasteiger partial charge in [0.05, 0.1) is 13.2 Å². The summed E-state index contributed by atoms with van der Waals surface area (Å²) in [4.78, 5) is 10.8. The number of carbonyl (C=O) groups excluding carboxylic acids is 1. The Bertz CT molecular complexity index is 226. The molecule has 0 unspecified atom stereocenters. The molecule has 110 valence electrons. The Balaban J connectivity index is 0. The Morgan fingerprint density at radius 2 is 1.78 bits per heavy atom. The first kappa shape index (κ1) is 19.3. The highest BCUT2D eigenvalue weighted by atomic mass is 19.4. The molecule has 0 aromatic rings. The molecule has 0 rings (SSSR count). The number of rotatable bonds is 3. The van der Waals surface area contributed by atoms with Crippen molar-refractivity contribution in [1.82, 2.24) is 5.32 Å². The number of hydrogen-bond donors (Lipinski definition) is 2. The lowest BCUT2D eigenvalue weighted by Crippen LogP contribution is -2.33. The molecule has 0 aromatic carbocycles. The van der Waals surface area contributed by atoms with Gasteiger partial charge in [0.2, 0.25) is 0 Å². The van der Waals surface area contributed by atoms with E-state index in [9.17, 15) is 18.0 Å². The van der Waals surface area contributed by atoms with Crippen molar-refractivity contribution in [3.63, 3.8) is 0 Å². The molecule has 0 heterocycles. The maximum atomic E-state index is 10.8. The lowest BCUT2D eigenvalue weighted by Gasteiger charge is -2.19. The highest BCUT2D eigenvalue weighted by molar-refractivity contribution is 5.67.